The van der Waals surface area contributed by atoms with E-state index in [4.69, 9.17) is 5.73 Å². The number of nitrogen functional groups attached to an aromatic ring is 1. The van der Waals surface area contributed by atoms with Crippen molar-refractivity contribution >= 4 is 17.3 Å². The van der Waals surface area contributed by atoms with Crippen molar-refractivity contribution in [1.29, 1.82) is 0 Å². The first-order valence-corrected chi connectivity index (χ1v) is 5.27. The maximum Gasteiger partial charge on any atom is 0.337 e. The Labute approximate surface area is 101 Å². The largest absolute Gasteiger partial charge is 0.465 e. The second kappa shape index (κ2) is 5.05. The van der Waals surface area contributed by atoms with Crippen LogP contribution in [0.3, 0.4) is 0 Å². The van der Waals surface area contributed by atoms with Gasteiger partial charge in [-0.15, -0.1) is 0 Å². The molecule has 0 spiro atoms. The summed E-state index contributed by atoms with van der Waals surface area (Å²) >= 11 is 0. The number of methoxy groups -OCH3 is 1. The zero-order chi connectivity index (χ0) is 13.1. The maximum absolute atomic E-state index is 11.3. The first kappa shape index (κ1) is 13.3. The van der Waals surface area contributed by atoms with Crippen molar-refractivity contribution in [2.45, 2.75) is 19.4 Å². The van der Waals surface area contributed by atoms with Gasteiger partial charge in [-0.2, -0.15) is 0 Å². The van der Waals surface area contributed by atoms with Gasteiger partial charge < -0.3 is 20.9 Å². The van der Waals surface area contributed by atoms with Crippen molar-refractivity contribution in [1.82, 2.24) is 0 Å². The molecule has 17 heavy (non-hydrogen) atoms. The summed E-state index contributed by atoms with van der Waals surface area (Å²) in [5.74, 6) is -0.420. The average molecular weight is 238 g/mol. The molecule has 0 radical (unpaired) electrons. The summed E-state index contributed by atoms with van der Waals surface area (Å²) in [7, 11) is 1.32. The smallest absolute Gasteiger partial charge is 0.337 e. The second-order valence-electron chi connectivity index (χ2n) is 4.46. The highest BCUT2D eigenvalue weighted by molar-refractivity contribution is 5.91. The first-order chi connectivity index (χ1) is 7.83. The van der Waals surface area contributed by atoms with E-state index in [1.165, 1.54) is 7.11 Å². The minimum Gasteiger partial charge on any atom is -0.465 e. The van der Waals surface area contributed by atoms with Gasteiger partial charge in [0.1, 0.15) is 0 Å². The molecule has 0 aromatic heterocycles. The molecule has 0 saturated carbocycles. The lowest BCUT2D eigenvalue weighted by molar-refractivity contribution is 0.0601. The fourth-order valence-corrected chi connectivity index (χ4v) is 1.27. The summed E-state index contributed by atoms with van der Waals surface area (Å²) in [5.41, 5.74) is 6.45. The predicted octanol–water partition coefficient (Wildman–Crippen LogP) is 1.24. The Bertz CT molecular complexity index is 411. The van der Waals surface area contributed by atoms with Gasteiger partial charge in [0.2, 0.25) is 0 Å². The van der Waals surface area contributed by atoms with Crippen LogP contribution in [0.2, 0.25) is 0 Å². The molecule has 0 aliphatic carbocycles. The molecule has 4 N–H and O–H groups in total. The molecule has 0 bridgehead atoms. The van der Waals surface area contributed by atoms with Crippen LogP contribution < -0.4 is 11.1 Å². The zero-order valence-electron chi connectivity index (χ0n) is 10.3. The zero-order valence-corrected chi connectivity index (χ0v) is 10.3. The normalized spacial score (nSPS) is 11.1. The Morgan fingerprint density at radius 3 is 2.71 bits per heavy atom. The van der Waals surface area contributed by atoms with Gasteiger partial charge in [0, 0.05) is 6.54 Å². The lowest BCUT2D eigenvalue weighted by atomic mass is 10.1. The van der Waals surface area contributed by atoms with Crippen molar-refractivity contribution in [3.8, 4) is 0 Å². The molecule has 1 aromatic rings. The third kappa shape index (κ3) is 3.96. The molecule has 0 aliphatic heterocycles. The van der Waals surface area contributed by atoms with Crippen LogP contribution in [0.25, 0.3) is 0 Å². The number of carbonyl (C=O) groups excluding carboxylic acids is 1. The number of benzene rings is 1. The third-order valence-corrected chi connectivity index (χ3v) is 2.19. The van der Waals surface area contributed by atoms with Crippen molar-refractivity contribution in [2.75, 3.05) is 24.7 Å². The minimum absolute atomic E-state index is 0.335. The van der Waals surface area contributed by atoms with Crippen LogP contribution in [0.4, 0.5) is 11.4 Å². The van der Waals surface area contributed by atoms with Gasteiger partial charge in [0.05, 0.1) is 29.6 Å². The molecule has 0 atom stereocenters. The highest BCUT2D eigenvalue weighted by Crippen LogP contribution is 2.21. The Balaban J connectivity index is 2.87. The average Bonchev–Trinajstić information content (AvgIpc) is 2.26. The highest BCUT2D eigenvalue weighted by Gasteiger charge is 2.14. The minimum atomic E-state index is -0.853. The lowest BCUT2D eigenvalue weighted by Gasteiger charge is -2.19. The third-order valence-electron chi connectivity index (χ3n) is 2.19. The molecule has 1 aromatic carbocycles. The lowest BCUT2D eigenvalue weighted by Crippen LogP contribution is -2.29. The van der Waals surface area contributed by atoms with E-state index in [1.54, 1.807) is 32.0 Å². The number of nitrogens with one attached hydrogen (secondary N) is 1. The summed E-state index contributed by atoms with van der Waals surface area (Å²) in [4.78, 5) is 11.3. The Hall–Kier alpha value is -1.75. The van der Waals surface area contributed by atoms with Gasteiger partial charge in [-0.25, -0.2) is 4.79 Å². The van der Waals surface area contributed by atoms with Crippen LogP contribution in [0, 0.1) is 0 Å². The van der Waals surface area contributed by atoms with Crippen molar-refractivity contribution in [3.63, 3.8) is 0 Å². The molecule has 0 amide bonds. The van der Waals surface area contributed by atoms with Crippen LogP contribution in [0.15, 0.2) is 18.2 Å². The van der Waals surface area contributed by atoms with E-state index in [9.17, 15) is 9.90 Å². The van der Waals surface area contributed by atoms with Gasteiger partial charge in [0.15, 0.2) is 0 Å². The van der Waals surface area contributed by atoms with Gasteiger partial charge in [-0.05, 0) is 32.0 Å². The van der Waals surface area contributed by atoms with Crippen LogP contribution in [0.1, 0.15) is 24.2 Å². The number of aliphatic hydroxyl groups is 1. The standard InChI is InChI=1S/C12H18N2O3/c1-12(2,16)7-14-10-6-8(11(15)17-3)4-5-9(10)13/h4-6,14,16H,7,13H2,1-3H3. The predicted molar refractivity (Wildman–Crippen MR) is 67.0 cm³/mol. The van der Waals surface area contributed by atoms with Gasteiger partial charge in [-0.3, -0.25) is 0 Å². The van der Waals surface area contributed by atoms with Crippen LogP contribution in [0.5, 0.6) is 0 Å². The summed E-state index contributed by atoms with van der Waals surface area (Å²) < 4.78 is 4.62. The first-order valence-electron chi connectivity index (χ1n) is 5.27. The fourth-order valence-electron chi connectivity index (χ4n) is 1.27. The molecule has 0 heterocycles. The number of nitrogens with two attached hydrogens (primary N) is 1. The maximum atomic E-state index is 11.3. The molecule has 1 rings (SSSR count). The Kier molecular flexibility index (Phi) is 3.96. The van der Waals surface area contributed by atoms with E-state index >= 15 is 0 Å². The van der Waals surface area contributed by atoms with E-state index in [-0.39, 0.29) is 0 Å². The van der Waals surface area contributed by atoms with Gasteiger partial charge in [0.25, 0.3) is 0 Å². The van der Waals surface area contributed by atoms with Gasteiger partial charge >= 0.3 is 5.97 Å². The number of carbonyl (C=O) groups is 1. The summed E-state index contributed by atoms with van der Waals surface area (Å²) in [6, 6.07) is 4.82. The quantitative estimate of drug-likeness (QED) is 0.543. The summed E-state index contributed by atoms with van der Waals surface area (Å²) in [5, 5.41) is 12.6. The molecule has 0 aliphatic rings. The Morgan fingerprint density at radius 1 is 1.53 bits per heavy atom. The monoisotopic (exact) mass is 238 g/mol. The molecular weight excluding hydrogens is 220 g/mol. The number of hydrogen-bond acceptors (Lipinski definition) is 5. The topological polar surface area (TPSA) is 84.6 Å². The molecule has 5 nitrogen and oxygen atoms in total. The number of ether oxygens (including phenoxy) is 1. The molecule has 94 valence electrons. The van der Waals surface area contributed by atoms with Crippen molar-refractivity contribution in [3.05, 3.63) is 23.8 Å². The SMILES string of the molecule is COC(=O)c1ccc(N)c(NCC(C)(C)O)c1. The Morgan fingerprint density at radius 2 is 2.18 bits per heavy atom. The molecule has 5 heteroatoms. The number of anilines is 2. The molecular formula is C12H18N2O3. The van der Waals surface area contributed by atoms with E-state index < -0.39 is 11.6 Å². The molecule has 0 unspecified atom stereocenters. The highest BCUT2D eigenvalue weighted by atomic mass is 16.5. The second-order valence-corrected chi connectivity index (χ2v) is 4.46. The fraction of sp³-hybridized carbons (Fsp3) is 0.417. The summed E-state index contributed by atoms with van der Waals surface area (Å²) in [6.07, 6.45) is 0. The number of hydrogen-bond donors (Lipinski definition) is 3. The number of esters is 1. The van der Waals surface area contributed by atoms with Crippen LogP contribution in [-0.4, -0.2) is 30.3 Å². The van der Waals surface area contributed by atoms with Crippen LogP contribution in [-0.2, 0) is 4.74 Å². The van der Waals surface area contributed by atoms with Crippen molar-refractivity contribution in [2.24, 2.45) is 0 Å². The molecule has 0 saturated heterocycles. The number of rotatable bonds is 4. The molecule has 0 fully saturated rings. The van der Waals surface area contributed by atoms with Gasteiger partial charge in [-0.1, -0.05) is 0 Å². The van der Waals surface area contributed by atoms with E-state index in [0.717, 1.165) is 0 Å². The van der Waals surface area contributed by atoms with E-state index in [1.807, 2.05) is 0 Å². The van der Waals surface area contributed by atoms with E-state index in [0.29, 0.717) is 23.5 Å². The summed E-state index contributed by atoms with van der Waals surface area (Å²) in [6.45, 7) is 3.70. The van der Waals surface area contributed by atoms with Crippen LogP contribution >= 0.6 is 0 Å². The van der Waals surface area contributed by atoms with Crippen molar-refractivity contribution < 1.29 is 14.6 Å². The van der Waals surface area contributed by atoms with E-state index in [2.05, 4.69) is 10.1 Å².